The summed E-state index contributed by atoms with van der Waals surface area (Å²) < 4.78 is 12.3. The Labute approximate surface area is 122 Å². The van der Waals surface area contributed by atoms with Crippen molar-refractivity contribution in [3.63, 3.8) is 0 Å². The van der Waals surface area contributed by atoms with Crippen molar-refractivity contribution < 1.29 is 9.47 Å². The lowest BCUT2D eigenvalue weighted by atomic mass is 10.1. The fourth-order valence-electron chi connectivity index (χ4n) is 1.95. The van der Waals surface area contributed by atoms with Crippen LogP contribution in [0.4, 0.5) is 0 Å². The molecule has 3 heteroatoms. The maximum Gasteiger partial charge on any atom is 0.125 e. The molecule has 0 radical (unpaired) electrons. The lowest BCUT2D eigenvalue weighted by Crippen LogP contribution is -2.00. The fraction of sp³-hybridized carbons (Fsp3) is 0.250. The molecule has 2 rings (SSSR count). The fourth-order valence-corrected chi connectivity index (χ4v) is 2.43. The molecule has 100 valence electrons. The molecular weight excluding hydrogens is 304 g/mol. The van der Waals surface area contributed by atoms with E-state index in [1.54, 1.807) is 7.11 Å². The van der Waals surface area contributed by atoms with Crippen molar-refractivity contribution in [3.8, 4) is 11.5 Å². The SMILES string of the molecule is COc1ccc(C)cc1COc1ccc(Br)cc1C. The van der Waals surface area contributed by atoms with E-state index in [0.717, 1.165) is 27.1 Å². The first-order chi connectivity index (χ1) is 9.10. The van der Waals surface area contributed by atoms with Gasteiger partial charge in [0.15, 0.2) is 0 Å². The summed E-state index contributed by atoms with van der Waals surface area (Å²) >= 11 is 3.45. The summed E-state index contributed by atoms with van der Waals surface area (Å²) in [6, 6.07) is 12.1. The molecule has 2 aromatic carbocycles. The minimum Gasteiger partial charge on any atom is -0.496 e. The van der Waals surface area contributed by atoms with Gasteiger partial charge in [0.2, 0.25) is 0 Å². The van der Waals surface area contributed by atoms with Crippen LogP contribution in [0.15, 0.2) is 40.9 Å². The Morgan fingerprint density at radius 1 is 1.00 bits per heavy atom. The van der Waals surface area contributed by atoms with Crippen molar-refractivity contribution in [2.45, 2.75) is 20.5 Å². The van der Waals surface area contributed by atoms with Crippen LogP contribution in [0, 0.1) is 13.8 Å². The molecule has 0 saturated heterocycles. The molecule has 0 aromatic heterocycles. The third kappa shape index (κ3) is 3.51. The molecule has 0 spiro atoms. The van der Waals surface area contributed by atoms with Gasteiger partial charge in [0.25, 0.3) is 0 Å². The molecular formula is C16H17BrO2. The second kappa shape index (κ2) is 6.11. The molecule has 0 N–H and O–H groups in total. The van der Waals surface area contributed by atoms with Gasteiger partial charge in [-0.3, -0.25) is 0 Å². The summed E-state index contributed by atoms with van der Waals surface area (Å²) in [5, 5.41) is 0. The zero-order valence-corrected chi connectivity index (χ0v) is 13.0. The predicted molar refractivity (Wildman–Crippen MR) is 80.9 cm³/mol. The summed E-state index contributed by atoms with van der Waals surface area (Å²) in [6.07, 6.45) is 0. The second-order valence-corrected chi connectivity index (χ2v) is 5.43. The van der Waals surface area contributed by atoms with Gasteiger partial charge in [-0.15, -0.1) is 0 Å². The maximum atomic E-state index is 5.87. The average molecular weight is 321 g/mol. The van der Waals surface area contributed by atoms with Gasteiger partial charge in [-0.1, -0.05) is 27.6 Å². The molecule has 2 nitrogen and oxygen atoms in total. The van der Waals surface area contributed by atoms with E-state index < -0.39 is 0 Å². The van der Waals surface area contributed by atoms with Gasteiger partial charge in [0, 0.05) is 10.0 Å². The van der Waals surface area contributed by atoms with Crippen molar-refractivity contribution in [2.75, 3.05) is 7.11 Å². The summed E-state index contributed by atoms with van der Waals surface area (Å²) in [4.78, 5) is 0. The second-order valence-electron chi connectivity index (χ2n) is 4.51. The first kappa shape index (κ1) is 13.9. The van der Waals surface area contributed by atoms with E-state index in [2.05, 4.69) is 28.9 Å². The van der Waals surface area contributed by atoms with Crippen molar-refractivity contribution >= 4 is 15.9 Å². The molecule has 0 bridgehead atoms. The smallest absolute Gasteiger partial charge is 0.125 e. The minimum absolute atomic E-state index is 0.507. The third-order valence-electron chi connectivity index (χ3n) is 2.96. The lowest BCUT2D eigenvalue weighted by Gasteiger charge is -2.12. The van der Waals surface area contributed by atoms with Crippen LogP contribution < -0.4 is 9.47 Å². The number of halogens is 1. The Morgan fingerprint density at radius 3 is 2.42 bits per heavy atom. The molecule has 0 atom stereocenters. The quantitative estimate of drug-likeness (QED) is 0.816. The molecule has 0 unspecified atom stereocenters. The molecule has 0 aliphatic heterocycles. The highest BCUT2D eigenvalue weighted by Gasteiger charge is 2.06. The monoisotopic (exact) mass is 320 g/mol. The molecule has 2 aromatic rings. The van der Waals surface area contributed by atoms with E-state index in [1.807, 2.05) is 37.3 Å². The Kier molecular flexibility index (Phi) is 4.48. The zero-order chi connectivity index (χ0) is 13.8. The van der Waals surface area contributed by atoms with E-state index in [9.17, 15) is 0 Å². The molecule has 0 fully saturated rings. The van der Waals surface area contributed by atoms with Crippen LogP contribution in [-0.4, -0.2) is 7.11 Å². The highest BCUT2D eigenvalue weighted by atomic mass is 79.9. The van der Waals surface area contributed by atoms with Crippen LogP contribution in [0.2, 0.25) is 0 Å². The van der Waals surface area contributed by atoms with Gasteiger partial charge in [-0.05, 0) is 49.7 Å². The Hall–Kier alpha value is -1.48. The van der Waals surface area contributed by atoms with Crippen LogP contribution in [0.25, 0.3) is 0 Å². The molecule has 19 heavy (non-hydrogen) atoms. The van der Waals surface area contributed by atoms with Gasteiger partial charge < -0.3 is 9.47 Å². The summed E-state index contributed by atoms with van der Waals surface area (Å²) in [7, 11) is 1.68. The van der Waals surface area contributed by atoms with E-state index in [4.69, 9.17) is 9.47 Å². The number of hydrogen-bond donors (Lipinski definition) is 0. The Bertz CT molecular complexity index is 579. The van der Waals surface area contributed by atoms with Crippen LogP contribution in [0.5, 0.6) is 11.5 Å². The number of ether oxygens (including phenoxy) is 2. The largest absolute Gasteiger partial charge is 0.496 e. The van der Waals surface area contributed by atoms with Crippen molar-refractivity contribution in [1.82, 2.24) is 0 Å². The number of methoxy groups -OCH3 is 1. The number of rotatable bonds is 4. The van der Waals surface area contributed by atoms with E-state index in [0.29, 0.717) is 6.61 Å². The predicted octanol–water partition coefficient (Wildman–Crippen LogP) is 4.65. The van der Waals surface area contributed by atoms with Crippen LogP contribution in [-0.2, 0) is 6.61 Å². The number of aryl methyl sites for hydroxylation is 2. The molecule has 0 aliphatic rings. The van der Waals surface area contributed by atoms with E-state index in [-0.39, 0.29) is 0 Å². The number of hydrogen-bond acceptors (Lipinski definition) is 2. The standard InChI is InChI=1S/C16H17BrO2/c1-11-4-6-16(18-3)13(8-11)10-19-15-7-5-14(17)9-12(15)2/h4-9H,10H2,1-3H3. The van der Waals surface area contributed by atoms with Crippen LogP contribution in [0.1, 0.15) is 16.7 Å². The highest BCUT2D eigenvalue weighted by Crippen LogP contribution is 2.25. The Morgan fingerprint density at radius 2 is 1.74 bits per heavy atom. The van der Waals surface area contributed by atoms with Crippen molar-refractivity contribution in [1.29, 1.82) is 0 Å². The third-order valence-corrected chi connectivity index (χ3v) is 3.45. The van der Waals surface area contributed by atoms with Gasteiger partial charge in [0.05, 0.1) is 7.11 Å². The molecule has 0 saturated carbocycles. The molecule has 0 aliphatic carbocycles. The van der Waals surface area contributed by atoms with E-state index in [1.165, 1.54) is 5.56 Å². The van der Waals surface area contributed by atoms with E-state index >= 15 is 0 Å². The van der Waals surface area contributed by atoms with Crippen molar-refractivity contribution in [2.24, 2.45) is 0 Å². The first-order valence-electron chi connectivity index (χ1n) is 6.12. The zero-order valence-electron chi connectivity index (χ0n) is 11.4. The van der Waals surface area contributed by atoms with Gasteiger partial charge in [0.1, 0.15) is 18.1 Å². The van der Waals surface area contributed by atoms with Crippen molar-refractivity contribution in [3.05, 3.63) is 57.6 Å². The molecule has 0 amide bonds. The Balaban J connectivity index is 2.16. The highest BCUT2D eigenvalue weighted by molar-refractivity contribution is 9.10. The lowest BCUT2D eigenvalue weighted by molar-refractivity contribution is 0.294. The first-order valence-corrected chi connectivity index (χ1v) is 6.92. The number of benzene rings is 2. The topological polar surface area (TPSA) is 18.5 Å². The maximum absolute atomic E-state index is 5.87. The summed E-state index contributed by atoms with van der Waals surface area (Å²) in [5.41, 5.74) is 3.37. The van der Waals surface area contributed by atoms with Crippen LogP contribution in [0.3, 0.4) is 0 Å². The van der Waals surface area contributed by atoms with Gasteiger partial charge >= 0.3 is 0 Å². The average Bonchev–Trinajstić information content (AvgIpc) is 2.38. The summed E-state index contributed by atoms with van der Waals surface area (Å²) in [6.45, 7) is 4.61. The summed E-state index contributed by atoms with van der Waals surface area (Å²) in [5.74, 6) is 1.76. The minimum atomic E-state index is 0.507. The van der Waals surface area contributed by atoms with Crippen LogP contribution >= 0.6 is 15.9 Å². The normalized spacial score (nSPS) is 10.3. The molecule has 0 heterocycles. The van der Waals surface area contributed by atoms with Gasteiger partial charge in [-0.2, -0.15) is 0 Å². The van der Waals surface area contributed by atoms with Gasteiger partial charge in [-0.25, -0.2) is 0 Å².